The third-order valence-electron chi connectivity index (χ3n) is 13.4. The van der Waals surface area contributed by atoms with Gasteiger partial charge in [0.05, 0.1) is 35.9 Å². The molecule has 0 spiro atoms. The van der Waals surface area contributed by atoms with E-state index in [9.17, 15) is 9.59 Å². The maximum atomic E-state index is 14.4. The molecule has 2 aromatic carbocycles. The molecular formula is C49H55N11O2. The van der Waals surface area contributed by atoms with Gasteiger partial charge in [-0.3, -0.25) is 24.4 Å². The summed E-state index contributed by atoms with van der Waals surface area (Å²) in [6.07, 6.45) is 21.5. The standard InChI is InChI=1S/C49H55N11O2/c61-48(43(35-13-4-1-5-14-35)57-23-6-2-7-24-57)59-27-11-16-41(59)46-53-32-39(55-46)34-18-20-36(21-19-34)45-51-30-38(31-52-45)40-33-54-47(56-40)42-17-12-28-60(42)49(62)44(37-15-10-22-50-29-37)58-25-8-3-9-26-58/h1,4-5,10,13-15,18-22,29-33,41-44H,2-3,6-9,11-12,16-17,23-28H2,(H,53,55)(H,54,56)/t41-,42-,43+,44+/m0/s1. The number of rotatable bonds is 11. The summed E-state index contributed by atoms with van der Waals surface area (Å²) in [5, 5.41) is 0. The first-order valence-corrected chi connectivity index (χ1v) is 22.7. The highest BCUT2D eigenvalue weighted by atomic mass is 16.2. The van der Waals surface area contributed by atoms with Gasteiger partial charge in [-0.25, -0.2) is 19.9 Å². The van der Waals surface area contributed by atoms with Crippen molar-refractivity contribution in [2.45, 2.75) is 88.4 Å². The van der Waals surface area contributed by atoms with Crippen LogP contribution < -0.4 is 0 Å². The van der Waals surface area contributed by atoms with E-state index in [0.29, 0.717) is 12.4 Å². The summed E-state index contributed by atoms with van der Waals surface area (Å²) in [5.74, 6) is 2.54. The molecule has 0 unspecified atom stereocenters. The molecule has 4 aliphatic heterocycles. The van der Waals surface area contributed by atoms with Crippen molar-refractivity contribution in [1.82, 2.24) is 54.5 Å². The van der Waals surface area contributed by atoms with Crippen LogP contribution in [0.2, 0.25) is 0 Å². The van der Waals surface area contributed by atoms with E-state index >= 15 is 0 Å². The second kappa shape index (κ2) is 18.1. The van der Waals surface area contributed by atoms with Crippen molar-refractivity contribution in [2.24, 2.45) is 0 Å². The van der Waals surface area contributed by atoms with E-state index in [1.54, 1.807) is 6.20 Å². The summed E-state index contributed by atoms with van der Waals surface area (Å²) in [5.41, 5.74) is 6.49. The number of amides is 2. The van der Waals surface area contributed by atoms with Crippen LogP contribution in [0.3, 0.4) is 0 Å². The number of carbonyl (C=O) groups excluding carboxylic acids is 2. The van der Waals surface area contributed by atoms with E-state index in [4.69, 9.17) is 19.9 Å². The Bertz CT molecular complexity index is 2250. The summed E-state index contributed by atoms with van der Waals surface area (Å²) in [4.78, 5) is 68.1. The number of nitrogens with one attached hydrogen (secondary N) is 2. The van der Waals surface area contributed by atoms with Crippen LogP contribution in [0.25, 0.3) is 33.9 Å². The number of carbonyl (C=O) groups is 2. The van der Waals surface area contributed by atoms with Crippen molar-refractivity contribution in [2.75, 3.05) is 39.3 Å². The molecule has 4 aromatic heterocycles. The second-order valence-corrected chi connectivity index (χ2v) is 17.3. The fourth-order valence-corrected chi connectivity index (χ4v) is 10.2. The highest BCUT2D eigenvalue weighted by Crippen LogP contribution is 2.38. The number of pyridine rings is 1. The summed E-state index contributed by atoms with van der Waals surface area (Å²) in [7, 11) is 0. The van der Waals surface area contributed by atoms with Gasteiger partial charge in [0.25, 0.3) is 0 Å². The lowest BCUT2D eigenvalue weighted by molar-refractivity contribution is -0.139. The SMILES string of the molecule is O=C([C@@H](c1ccccc1)N1CCCCC1)N1CCC[C@H]1c1ncc(-c2ccc(-c3ncc(-c4cnc([C@@H]5CCCN5C(=O)[C@@H](c5cccnc5)N5CCCCC5)[nH]4)cn3)cc2)[nH]1. The number of nitrogens with zero attached hydrogens (tertiary/aromatic N) is 9. The van der Waals surface area contributed by atoms with E-state index in [1.165, 1.54) is 12.8 Å². The average Bonchev–Trinajstić information content (AvgIpc) is 4.19. The Labute approximate surface area is 363 Å². The lowest BCUT2D eigenvalue weighted by atomic mass is 10.00. The Kier molecular flexibility index (Phi) is 11.7. The first-order chi connectivity index (χ1) is 30.6. The van der Waals surface area contributed by atoms with Crippen LogP contribution in [0, 0.1) is 0 Å². The van der Waals surface area contributed by atoms with E-state index < -0.39 is 0 Å². The van der Waals surface area contributed by atoms with Crippen molar-refractivity contribution >= 4 is 11.8 Å². The molecule has 0 radical (unpaired) electrons. The molecule has 10 rings (SSSR count). The van der Waals surface area contributed by atoms with Crippen LogP contribution >= 0.6 is 0 Å². The molecule has 4 aliphatic rings. The van der Waals surface area contributed by atoms with Gasteiger partial charge >= 0.3 is 0 Å². The van der Waals surface area contributed by atoms with Crippen LogP contribution in [-0.4, -0.2) is 106 Å². The lowest BCUT2D eigenvalue weighted by Crippen LogP contribution is -2.44. The van der Waals surface area contributed by atoms with Crippen LogP contribution in [0.1, 0.15) is 111 Å². The third kappa shape index (κ3) is 8.18. The molecule has 4 fully saturated rings. The van der Waals surface area contributed by atoms with Crippen LogP contribution in [0.4, 0.5) is 0 Å². The first-order valence-electron chi connectivity index (χ1n) is 22.7. The monoisotopic (exact) mass is 829 g/mol. The van der Waals surface area contributed by atoms with Gasteiger partial charge in [0.15, 0.2) is 5.82 Å². The van der Waals surface area contributed by atoms with Gasteiger partial charge in [-0.15, -0.1) is 0 Å². The topological polar surface area (TPSA) is 143 Å². The predicted octanol–water partition coefficient (Wildman–Crippen LogP) is 8.10. The molecule has 62 heavy (non-hydrogen) atoms. The Morgan fingerprint density at radius 2 is 1.02 bits per heavy atom. The van der Waals surface area contributed by atoms with Gasteiger partial charge < -0.3 is 19.8 Å². The van der Waals surface area contributed by atoms with Crippen molar-refractivity contribution in [3.63, 3.8) is 0 Å². The molecule has 0 aliphatic carbocycles. The third-order valence-corrected chi connectivity index (χ3v) is 13.4. The number of benzene rings is 2. The number of likely N-dealkylation sites (tertiary alicyclic amines) is 4. The Balaban J connectivity index is 0.804. The molecule has 13 nitrogen and oxygen atoms in total. The average molecular weight is 830 g/mol. The summed E-state index contributed by atoms with van der Waals surface area (Å²) in [6.45, 7) is 5.17. The van der Waals surface area contributed by atoms with Gasteiger partial charge in [-0.2, -0.15) is 0 Å². The Morgan fingerprint density at radius 3 is 1.56 bits per heavy atom. The molecule has 4 atom stereocenters. The highest BCUT2D eigenvalue weighted by molar-refractivity contribution is 5.85. The van der Waals surface area contributed by atoms with Gasteiger partial charge in [0.1, 0.15) is 23.7 Å². The van der Waals surface area contributed by atoms with Crippen LogP contribution in [0.5, 0.6) is 0 Å². The highest BCUT2D eigenvalue weighted by Gasteiger charge is 2.40. The molecule has 318 valence electrons. The molecular weight excluding hydrogens is 775 g/mol. The number of hydrogen-bond donors (Lipinski definition) is 2. The Hall–Kier alpha value is -6.05. The van der Waals surface area contributed by atoms with Crippen LogP contribution in [-0.2, 0) is 9.59 Å². The minimum absolute atomic E-state index is 0.0850. The number of hydrogen-bond acceptors (Lipinski definition) is 9. The van der Waals surface area contributed by atoms with E-state index in [1.807, 2.05) is 78.3 Å². The minimum atomic E-state index is -0.339. The van der Waals surface area contributed by atoms with Gasteiger partial charge in [-0.1, -0.05) is 73.5 Å². The van der Waals surface area contributed by atoms with Gasteiger partial charge in [-0.05, 0) is 100 Å². The molecule has 2 N–H and O–H groups in total. The molecule has 0 saturated carbocycles. The zero-order valence-corrected chi connectivity index (χ0v) is 35.3. The lowest BCUT2D eigenvalue weighted by Gasteiger charge is -2.37. The quantitative estimate of drug-likeness (QED) is 0.132. The maximum absolute atomic E-state index is 14.4. The molecule has 13 heteroatoms. The normalized spacial score (nSPS) is 21.0. The van der Waals surface area contributed by atoms with E-state index in [-0.39, 0.29) is 36.0 Å². The summed E-state index contributed by atoms with van der Waals surface area (Å²) in [6, 6.07) is 21.6. The van der Waals surface area contributed by atoms with Crippen molar-refractivity contribution < 1.29 is 9.59 Å². The molecule has 2 amide bonds. The maximum Gasteiger partial charge on any atom is 0.245 e. The minimum Gasteiger partial charge on any atom is -0.340 e. The number of aromatic nitrogens is 7. The number of aromatic amines is 2. The van der Waals surface area contributed by atoms with Gasteiger partial charge in [0.2, 0.25) is 11.8 Å². The van der Waals surface area contributed by atoms with Crippen molar-refractivity contribution in [3.8, 4) is 33.9 Å². The molecule has 4 saturated heterocycles. The summed E-state index contributed by atoms with van der Waals surface area (Å²) >= 11 is 0. The fraction of sp³-hybridized carbons (Fsp3) is 0.408. The molecule has 0 bridgehead atoms. The zero-order valence-electron chi connectivity index (χ0n) is 35.3. The predicted molar refractivity (Wildman–Crippen MR) is 237 cm³/mol. The van der Waals surface area contributed by atoms with Crippen LogP contribution in [0.15, 0.2) is 104 Å². The molecule has 8 heterocycles. The number of piperidine rings is 2. The van der Waals surface area contributed by atoms with Crippen molar-refractivity contribution in [3.05, 3.63) is 127 Å². The molecule has 6 aromatic rings. The van der Waals surface area contributed by atoms with Crippen molar-refractivity contribution in [1.29, 1.82) is 0 Å². The number of H-pyrrole nitrogens is 2. The smallest absolute Gasteiger partial charge is 0.245 e. The summed E-state index contributed by atoms with van der Waals surface area (Å²) < 4.78 is 0. The fourth-order valence-electron chi connectivity index (χ4n) is 10.2. The second-order valence-electron chi connectivity index (χ2n) is 17.3. The Morgan fingerprint density at radius 1 is 0.500 bits per heavy atom. The largest absolute Gasteiger partial charge is 0.340 e. The van der Waals surface area contributed by atoms with E-state index in [0.717, 1.165) is 135 Å². The number of imidazole rings is 2. The first kappa shape index (κ1) is 40.0. The van der Waals surface area contributed by atoms with Gasteiger partial charge in [0, 0.05) is 49.0 Å². The van der Waals surface area contributed by atoms with E-state index in [2.05, 4.69) is 53.9 Å². The zero-order chi connectivity index (χ0) is 41.8.